The molecule has 0 saturated carbocycles. The predicted molar refractivity (Wildman–Crippen MR) is 92.3 cm³/mol. The Morgan fingerprint density at radius 3 is 2.48 bits per heavy atom. The van der Waals surface area contributed by atoms with Gasteiger partial charge in [0.05, 0.1) is 0 Å². The summed E-state index contributed by atoms with van der Waals surface area (Å²) in [5, 5.41) is 5.07. The highest BCUT2D eigenvalue weighted by molar-refractivity contribution is 6.35. The number of hydrogen-bond acceptors (Lipinski definition) is 1. The molecule has 2 aromatic rings. The van der Waals surface area contributed by atoms with Gasteiger partial charge in [-0.05, 0) is 42.6 Å². The number of nitrogens with one attached hydrogen (secondary N) is 1. The van der Waals surface area contributed by atoms with E-state index in [1.807, 2.05) is 12.1 Å². The van der Waals surface area contributed by atoms with E-state index >= 15 is 0 Å². The SMILES string of the molecule is CCCC(NCCc1ccc(Cl)cc1Cl)c1ccccc1. The summed E-state index contributed by atoms with van der Waals surface area (Å²) in [6.07, 6.45) is 3.20. The van der Waals surface area contributed by atoms with Gasteiger partial charge < -0.3 is 5.32 Å². The van der Waals surface area contributed by atoms with Gasteiger partial charge in [0.1, 0.15) is 0 Å². The van der Waals surface area contributed by atoms with Gasteiger partial charge in [0.25, 0.3) is 0 Å². The lowest BCUT2D eigenvalue weighted by atomic mass is 10.0. The zero-order valence-electron chi connectivity index (χ0n) is 12.3. The van der Waals surface area contributed by atoms with Crippen molar-refractivity contribution in [1.29, 1.82) is 0 Å². The smallest absolute Gasteiger partial charge is 0.0453 e. The van der Waals surface area contributed by atoms with Crippen molar-refractivity contribution in [1.82, 2.24) is 5.32 Å². The third-order valence-electron chi connectivity index (χ3n) is 3.58. The Bertz CT molecular complexity index is 554. The van der Waals surface area contributed by atoms with Crippen molar-refractivity contribution in [2.24, 2.45) is 0 Å². The lowest BCUT2D eigenvalue weighted by molar-refractivity contribution is 0.497. The van der Waals surface area contributed by atoms with Crippen molar-refractivity contribution < 1.29 is 0 Å². The van der Waals surface area contributed by atoms with Crippen molar-refractivity contribution in [3.8, 4) is 0 Å². The molecule has 0 radical (unpaired) electrons. The maximum absolute atomic E-state index is 6.21. The number of halogens is 2. The second-order valence-corrected chi connectivity index (χ2v) is 6.04. The van der Waals surface area contributed by atoms with Crippen molar-refractivity contribution in [2.75, 3.05) is 6.54 Å². The topological polar surface area (TPSA) is 12.0 Å². The molecule has 2 rings (SSSR count). The van der Waals surface area contributed by atoms with E-state index in [-0.39, 0.29) is 0 Å². The van der Waals surface area contributed by atoms with Crippen LogP contribution < -0.4 is 5.32 Å². The molecule has 0 aromatic heterocycles. The first-order valence-corrected chi connectivity index (χ1v) is 8.18. The summed E-state index contributed by atoms with van der Waals surface area (Å²) in [4.78, 5) is 0. The number of rotatable bonds is 7. The van der Waals surface area contributed by atoms with Gasteiger partial charge in [0, 0.05) is 16.1 Å². The highest BCUT2D eigenvalue weighted by Crippen LogP contribution is 2.22. The van der Waals surface area contributed by atoms with Crippen LogP contribution in [0.1, 0.15) is 36.9 Å². The molecule has 1 nitrogen and oxygen atoms in total. The minimum Gasteiger partial charge on any atom is -0.310 e. The fraction of sp³-hybridized carbons (Fsp3) is 0.333. The van der Waals surface area contributed by atoms with E-state index in [4.69, 9.17) is 23.2 Å². The van der Waals surface area contributed by atoms with Crippen LogP contribution in [0.3, 0.4) is 0 Å². The van der Waals surface area contributed by atoms with Crippen LogP contribution in [0.5, 0.6) is 0 Å². The predicted octanol–water partition coefficient (Wildman–Crippen LogP) is 5.67. The zero-order valence-corrected chi connectivity index (χ0v) is 13.8. The minimum absolute atomic E-state index is 0.405. The van der Waals surface area contributed by atoms with Crippen molar-refractivity contribution in [2.45, 2.75) is 32.2 Å². The van der Waals surface area contributed by atoms with E-state index in [2.05, 4.69) is 42.6 Å². The van der Waals surface area contributed by atoms with E-state index in [1.54, 1.807) is 6.07 Å². The Morgan fingerprint density at radius 2 is 1.81 bits per heavy atom. The van der Waals surface area contributed by atoms with E-state index in [9.17, 15) is 0 Å². The summed E-state index contributed by atoms with van der Waals surface area (Å²) in [6.45, 7) is 3.12. The van der Waals surface area contributed by atoms with Crippen LogP contribution in [-0.2, 0) is 6.42 Å². The second kappa shape index (κ2) is 8.43. The molecule has 0 saturated heterocycles. The highest BCUT2D eigenvalue weighted by Gasteiger charge is 2.09. The standard InChI is InChI=1S/C18H21Cl2N/c1-2-6-18(15-7-4-3-5-8-15)21-12-11-14-9-10-16(19)13-17(14)20/h3-5,7-10,13,18,21H,2,6,11-12H2,1H3. The van der Waals surface area contributed by atoms with Gasteiger partial charge in [0.2, 0.25) is 0 Å². The van der Waals surface area contributed by atoms with Gasteiger partial charge in [-0.3, -0.25) is 0 Å². The van der Waals surface area contributed by atoms with Crippen molar-refractivity contribution in [3.63, 3.8) is 0 Å². The van der Waals surface area contributed by atoms with Gasteiger partial charge >= 0.3 is 0 Å². The van der Waals surface area contributed by atoms with E-state index in [0.717, 1.165) is 36.4 Å². The normalized spacial score (nSPS) is 12.3. The zero-order chi connectivity index (χ0) is 15.1. The molecule has 0 fully saturated rings. The molecule has 0 heterocycles. The average molecular weight is 322 g/mol. The molecule has 3 heteroatoms. The first kappa shape index (κ1) is 16.4. The molecule has 0 spiro atoms. The summed E-state index contributed by atoms with van der Waals surface area (Å²) in [5.74, 6) is 0. The first-order chi connectivity index (χ1) is 10.2. The Labute approximate surface area is 137 Å². The maximum Gasteiger partial charge on any atom is 0.0453 e. The summed E-state index contributed by atoms with van der Waals surface area (Å²) in [7, 11) is 0. The van der Waals surface area contributed by atoms with Crippen LogP contribution in [-0.4, -0.2) is 6.54 Å². The van der Waals surface area contributed by atoms with Crippen LogP contribution in [0.25, 0.3) is 0 Å². The molecular weight excluding hydrogens is 301 g/mol. The molecule has 21 heavy (non-hydrogen) atoms. The van der Waals surface area contributed by atoms with Gasteiger partial charge in [-0.15, -0.1) is 0 Å². The molecule has 0 amide bonds. The van der Waals surface area contributed by atoms with Gasteiger partial charge in [0.15, 0.2) is 0 Å². The van der Waals surface area contributed by atoms with Crippen molar-refractivity contribution in [3.05, 3.63) is 69.7 Å². The maximum atomic E-state index is 6.21. The minimum atomic E-state index is 0.405. The van der Waals surface area contributed by atoms with Gasteiger partial charge in [-0.1, -0.05) is 72.9 Å². The lowest BCUT2D eigenvalue weighted by Gasteiger charge is -2.19. The Morgan fingerprint density at radius 1 is 1.05 bits per heavy atom. The molecule has 1 unspecified atom stereocenters. The molecule has 0 aliphatic rings. The molecule has 0 aliphatic heterocycles. The number of benzene rings is 2. The van der Waals surface area contributed by atoms with Crippen LogP contribution in [0.4, 0.5) is 0 Å². The molecular formula is C18H21Cl2N. The first-order valence-electron chi connectivity index (χ1n) is 7.43. The van der Waals surface area contributed by atoms with E-state index < -0.39 is 0 Å². The Balaban J connectivity index is 1.93. The summed E-state index contributed by atoms with van der Waals surface area (Å²) in [6, 6.07) is 16.7. The largest absolute Gasteiger partial charge is 0.310 e. The quantitative estimate of drug-likeness (QED) is 0.693. The molecule has 0 aliphatic carbocycles. The summed E-state index contributed by atoms with van der Waals surface area (Å²) >= 11 is 12.1. The van der Waals surface area contributed by atoms with Crippen LogP contribution in [0, 0.1) is 0 Å². The third kappa shape index (κ3) is 5.03. The Kier molecular flexibility index (Phi) is 6.56. The molecule has 2 aromatic carbocycles. The Hall–Kier alpha value is -1.02. The highest BCUT2D eigenvalue weighted by atomic mass is 35.5. The van der Waals surface area contributed by atoms with Gasteiger partial charge in [-0.25, -0.2) is 0 Å². The van der Waals surface area contributed by atoms with Crippen LogP contribution in [0.15, 0.2) is 48.5 Å². The molecule has 1 N–H and O–H groups in total. The van der Waals surface area contributed by atoms with E-state index in [0.29, 0.717) is 11.1 Å². The summed E-state index contributed by atoms with van der Waals surface area (Å²) in [5.41, 5.74) is 2.48. The third-order valence-corrected chi connectivity index (χ3v) is 4.17. The fourth-order valence-electron chi connectivity index (χ4n) is 2.47. The monoisotopic (exact) mass is 321 g/mol. The lowest BCUT2D eigenvalue weighted by Crippen LogP contribution is -2.23. The van der Waals surface area contributed by atoms with Gasteiger partial charge in [-0.2, -0.15) is 0 Å². The van der Waals surface area contributed by atoms with E-state index in [1.165, 1.54) is 5.56 Å². The van der Waals surface area contributed by atoms with Crippen molar-refractivity contribution >= 4 is 23.2 Å². The van der Waals surface area contributed by atoms with Crippen LogP contribution in [0.2, 0.25) is 10.0 Å². The number of hydrogen-bond donors (Lipinski definition) is 1. The fourth-order valence-corrected chi connectivity index (χ4v) is 2.97. The summed E-state index contributed by atoms with van der Waals surface area (Å²) < 4.78 is 0. The molecule has 0 bridgehead atoms. The molecule has 112 valence electrons. The van der Waals surface area contributed by atoms with Crippen LogP contribution >= 0.6 is 23.2 Å². The second-order valence-electron chi connectivity index (χ2n) is 5.19. The molecule has 1 atom stereocenters. The average Bonchev–Trinajstić information content (AvgIpc) is 2.49.